The Morgan fingerprint density at radius 2 is 2.17 bits per heavy atom. The second-order valence-electron chi connectivity index (χ2n) is 2.65. The van der Waals surface area contributed by atoms with E-state index in [0.717, 1.165) is 11.1 Å². The molecule has 0 aliphatic rings. The van der Waals surface area contributed by atoms with Gasteiger partial charge in [-0.3, -0.25) is 0 Å². The predicted molar refractivity (Wildman–Crippen MR) is 47.5 cm³/mol. The minimum atomic E-state index is -0.670. The standard InChI is InChI=1S/C10H13O2/c1-8(11)10-6-4-3-5-9(10)7-12-2/h3-6,8,11H,1,7H2,2H3. The summed E-state index contributed by atoms with van der Waals surface area (Å²) in [5.74, 6) is 0. The number of methoxy groups -OCH3 is 1. The van der Waals surface area contributed by atoms with Crippen LogP contribution in [0.4, 0.5) is 0 Å². The van der Waals surface area contributed by atoms with Crippen LogP contribution in [0.5, 0.6) is 0 Å². The van der Waals surface area contributed by atoms with E-state index in [2.05, 4.69) is 6.92 Å². The first-order valence-electron chi connectivity index (χ1n) is 3.83. The number of aliphatic hydroxyl groups excluding tert-OH is 1. The summed E-state index contributed by atoms with van der Waals surface area (Å²) in [6.07, 6.45) is -0.670. The number of rotatable bonds is 3. The highest BCUT2D eigenvalue weighted by molar-refractivity contribution is 5.28. The normalized spacial score (nSPS) is 12.9. The Hall–Kier alpha value is -0.860. The van der Waals surface area contributed by atoms with Crippen LogP contribution in [0.15, 0.2) is 24.3 Å². The molecule has 0 spiro atoms. The fourth-order valence-corrected chi connectivity index (χ4v) is 1.15. The second kappa shape index (κ2) is 4.24. The van der Waals surface area contributed by atoms with Gasteiger partial charge in [0.25, 0.3) is 0 Å². The molecule has 65 valence electrons. The van der Waals surface area contributed by atoms with Crippen molar-refractivity contribution in [2.45, 2.75) is 12.7 Å². The molecule has 0 amide bonds. The van der Waals surface area contributed by atoms with Gasteiger partial charge in [0.05, 0.1) is 12.7 Å². The van der Waals surface area contributed by atoms with Crippen molar-refractivity contribution in [2.24, 2.45) is 0 Å². The SMILES string of the molecule is [CH2]C(O)c1ccccc1COC. The summed E-state index contributed by atoms with van der Waals surface area (Å²) in [7, 11) is 1.63. The zero-order valence-electron chi connectivity index (χ0n) is 7.16. The Kier molecular flexibility index (Phi) is 3.26. The lowest BCUT2D eigenvalue weighted by Crippen LogP contribution is -1.99. The average molecular weight is 165 g/mol. The van der Waals surface area contributed by atoms with Gasteiger partial charge in [0.15, 0.2) is 0 Å². The molecule has 0 aromatic heterocycles. The fraction of sp³-hybridized carbons (Fsp3) is 0.300. The maximum absolute atomic E-state index is 9.26. The lowest BCUT2D eigenvalue weighted by atomic mass is 10.0. The van der Waals surface area contributed by atoms with E-state index >= 15 is 0 Å². The van der Waals surface area contributed by atoms with Crippen LogP contribution in [0.1, 0.15) is 17.2 Å². The van der Waals surface area contributed by atoms with E-state index in [1.807, 2.05) is 24.3 Å². The van der Waals surface area contributed by atoms with Crippen LogP contribution in [0, 0.1) is 6.92 Å². The molecule has 1 aromatic rings. The van der Waals surface area contributed by atoms with Gasteiger partial charge in [-0.2, -0.15) is 0 Å². The molecule has 0 saturated carbocycles. The quantitative estimate of drug-likeness (QED) is 0.738. The molecule has 0 saturated heterocycles. The van der Waals surface area contributed by atoms with E-state index < -0.39 is 6.10 Å². The molecule has 1 atom stereocenters. The molecule has 0 fully saturated rings. The number of benzene rings is 1. The van der Waals surface area contributed by atoms with Gasteiger partial charge in [-0.25, -0.2) is 0 Å². The number of hydrogen-bond donors (Lipinski definition) is 1. The fourth-order valence-electron chi connectivity index (χ4n) is 1.15. The molecular formula is C10H13O2. The highest BCUT2D eigenvalue weighted by Gasteiger charge is 2.05. The van der Waals surface area contributed by atoms with Gasteiger partial charge in [-0.1, -0.05) is 24.3 Å². The van der Waals surface area contributed by atoms with Crippen LogP contribution < -0.4 is 0 Å². The van der Waals surface area contributed by atoms with Gasteiger partial charge < -0.3 is 9.84 Å². The first-order valence-corrected chi connectivity index (χ1v) is 3.83. The first-order chi connectivity index (χ1) is 5.75. The highest BCUT2D eigenvalue weighted by atomic mass is 16.5. The van der Waals surface area contributed by atoms with E-state index in [0.29, 0.717) is 6.61 Å². The third-order valence-corrected chi connectivity index (χ3v) is 1.71. The summed E-state index contributed by atoms with van der Waals surface area (Å²) < 4.78 is 4.98. The van der Waals surface area contributed by atoms with E-state index in [4.69, 9.17) is 4.74 Å². The van der Waals surface area contributed by atoms with Crippen LogP contribution in [0.25, 0.3) is 0 Å². The molecule has 0 aliphatic carbocycles. The minimum absolute atomic E-state index is 0.517. The maximum Gasteiger partial charge on any atom is 0.0794 e. The first kappa shape index (κ1) is 9.23. The van der Waals surface area contributed by atoms with Crippen LogP contribution in [0.2, 0.25) is 0 Å². The highest BCUT2D eigenvalue weighted by Crippen LogP contribution is 2.17. The smallest absolute Gasteiger partial charge is 0.0794 e. The third-order valence-electron chi connectivity index (χ3n) is 1.71. The molecule has 1 radical (unpaired) electrons. The zero-order valence-corrected chi connectivity index (χ0v) is 7.16. The van der Waals surface area contributed by atoms with Crippen molar-refractivity contribution in [3.05, 3.63) is 42.3 Å². The topological polar surface area (TPSA) is 29.5 Å². The summed E-state index contributed by atoms with van der Waals surface area (Å²) in [5.41, 5.74) is 1.82. The Morgan fingerprint density at radius 1 is 1.50 bits per heavy atom. The average Bonchev–Trinajstić information content (AvgIpc) is 2.05. The van der Waals surface area contributed by atoms with Crippen molar-refractivity contribution in [2.75, 3.05) is 7.11 Å². The molecule has 0 bridgehead atoms. The van der Waals surface area contributed by atoms with Gasteiger partial charge in [0, 0.05) is 7.11 Å². The number of hydrogen-bond acceptors (Lipinski definition) is 2. The lowest BCUT2D eigenvalue weighted by Gasteiger charge is -2.10. The Balaban J connectivity index is 2.92. The van der Waals surface area contributed by atoms with Crippen molar-refractivity contribution in [3.8, 4) is 0 Å². The van der Waals surface area contributed by atoms with Crippen LogP contribution in [-0.2, 0) is 11.3 Å². The Bertz CT molecular complexity index is 243. The predicted octanol–water partition coefficient (Wildman–Crippen LogP) is 1.70. The minimum Gasteiger partial charge on any atom is -0.388 e. The van der Waals surface area contributed by atoms with Gasteiger partial charge in [-0.05, 0) is 18.1 Å². The molecular weight excluding hydrogens is 152 g/mol. The maximum atomic E-state index is 9.26. The molecule has 1 unspecified atom stereocenters. The van der Waals surface area contributed by atoms with Crippen molar-refractivity contribution in [3.63, 3.8) is 0 Å². The number of aliphatic hydroxyl groups is 1. The van der Waals surface area contributed by atoms with E-state index in [1.54, 1.807) is 7.11 Å². The van der Waals surface area contributed by atoms with Crippen LogP contribution in [-0.4, -0.2) is 12.2 Å². The van der Waals surface area contributed by atoms with E-state index in [1.165, 1.54) is 0 Å². The lowest BCUT2D eigenvalue weighted by molar-refractivity contribution is 0.177. The van der Waals surface area contributed by atoms with Gasteiger partial charge in [0.1, 0.15) is 0 Å². The number of ether oxygens (including phenoxy) is 1. The van der Waals surface area contributed by atoms with Gasteiger partial charge in [0.2, 0.25) is 0 Å². The summed E-state index contributed by atoms with van der Waals surface area (Å²) >= 11 is 0. The van der Waals surface area contributed by atoms with Crippen LogP contribution in [0.3, 0.4) is 0 Å². The molecule has 1 N–H and O–H groups in total. The molecule has 1 rings (SSSR count). The molecule has 12 heavy (non-hydrogen) atoms. The monoisotopic (exact) mass is 165 g/mol. The summed E-state index contributed by atoms with van der Waals surface area (Å²) in [6, 6.07) is 7.57. The summed E-state index contributed by atoms with van der Waals surface area (Å²) in [5, 5.41) is 9.26. The molecule has 2 nitrogen and oxygen atoms in total. The van der Waals surface area contributed by atoms with Crippen LogP contribution >= 0.6 is 0 Å². The zero-order chi connectivity index (χ0) is 8.97. The largest absolute Gasteiger partial charge is 0.388 e. The van der Waals surface area contributed by atoms with Crippen molar-refractivity contribution < 1.29 is 9.84 Å². The molecule has 0 heterocycles. The second-order valence-corrected chi connectivity index (χ2v) is 2.65. The van der Waals surface area contributed by atoms with Crippen molar-refractivity contribution in [1.82, 2.24) is 0 Å². The van der Waals surface area contributed by atoms with Gasteiger partial charge >= 0.3 is 0 Å². The molecule has 1 aromatic carbocycles. The summed E-state index contributed by atoms with van der Waals surface area (Å²) in [6.45, 7) is 4.07. The van der Waals surface area contributed by atoms with E-state index in [-0.39, 0.29) is 0 Å². The Morgan fingerprint density at radius 3 is 2.75 bits per heavy atom. The van der Waals surface area contributed by atoms with Crippen molar-refractivity contribution in [1.29, 1.82) is 0 Å². The third kappa shape index (κ3) is 2.06. The summed E-state index contributed by atoms with van der Waals surface area (Å²) in [4.78, 5) is 0. The molecule has 0 aliphatic heterocycles. The van der Waals surface area contributed by atoms with Crippen molar-refractivity contribution >= 4 is 0 Å². The van der Waals surface area contributed by atoms with E-state index in [9.17, 15) is 5.11 Å². The Labute approximate surface area is 72.8 Å². The van der Waals surface area contributed by atoms with Gasteiger partial charge in [-0.15, -0.1) is 0 Å². The molecule has 2 heteroatoms.